The minimum atomic E-state index is -0.297. The Morgan fingerprint density at radius 2 is 2.11 bits per heavy atom. The number of ether oxygens (including phenoxy) is 3. The van der Waals surface area contributed by atoms with Crippen LogP contribution in [0.15, 0.2) is 29.3 Å². The van der Waals surface area contributed by atoms with Crippen molar-refractivity contribution in [3.05, 3.63) is 30.1 Å². The van der Waals surface area contributed by atoms with E-state index in [1.807, 2.05) is 6.92 Å². The number of halogens is 1. The molecule has 2 rings (SSSR count). The van der Waals surface area contributed by atoms with Crippen LogP contribution >= 0.6 is 0 Å². The number of aliphatic imine (C=N–C) groups is 1. The summed E-state index contributed by atoms with van der Waals surface area (Å²) in [5.41, 5.74) is 0. The molecule has 1 aliphatic rings. The van der Waals surface area contributed by atoms with Gasteiger partial charge in [-0.25, -0.2) is 4.39 Å². The summed E-state index contributed by atoms with van der Waals surface area (Å²) in [7, 11) is 0. The van der Waals surface area contributed by atoms with Crippen molar-refractivity contribution in [2.75, 3.05) is 52.7 Å². The Morgan fingerprint density at radius 1 is 1.26 bits per heavy atom. The molecule has 1 heterocycles. The van der Waals surface area contributed by atoms with Crippen LogP contribution in [0.3, 0.4) is 0 Å². The van der Waals surface area contributed by atoms with Crippen LogP contribution in [0.5, 0.6) is 5.75 Å². The molecule has 0 aromatic heterocycles. The average Bonchev–Trinajstić information content (AvgIpc) is 2.68. The third-order valence-electron chi connectivity index (χ3n) is 4.21. The molecular weight excluding hydrogens is 349 g/mol. The number of rotatable bonds is 11. The fraction of sp³-hybridized carbons (Fsp3) is 0.650. The highest BCUT2D eigenvalue weighted by Gasteiger charge is 2.13. The lowest BCUT2D eigenvalue weighted by atomic mass is 10.0. The highest BCUT2D eigenvalue weighted by molar-refractivity contribution is 5.79. The maximum atomic E-state index is 13.1. The molecule has 6 nitrogen and oxygen atoms in total. The number of nitrogens with one attached hydrogen (secondary N) is 2. The SMILES string of the molecule is CCNC(=NCCCOCC1CCOCC1)NCCOc1cccc(F)c1. The zero-order valence-electron chi connectivity index (χ0n) is 16.2. The largest absolute Gasteiger partial charge is 0.492 e. The van der Waals surface area contributed by atoms with E-state index in [1.54, 1.807) is 12.1 Å². The molecule has 7 heteroatoms. The van der Waals surface area contributed by atoms with Gasteiger partial charge in [0.15, 0.2) is 5.96 Å². The molecule has 1 fully saturated rings. The van der Waals surface area contributed by atoms with Crippen LogP contribution in [0.1, 0.15) is 26.2 Å². The molecular formula is C20H32FN3O3. The van der Waals surface area contributed by atoms with Crippen molar-refractivity contribution in [3.63, 3.8) is 0 Å². The van der Waals surface area contributed by atoms with Gasteiger partial charge in [-0.3, -0.25) is 4.99 Å². The van der Waals surface area contributed by atoms with Crippen molar-refractivity contribution in [1.29, 1.82) is 0 Å². The van der Waals surface area contributed by atoms with Crippen LogP contribution < -0.4 is 15.4 Å². The third-order valence-corrected chi connectivity index (χ3v) is 4.21. The Labute approximate surface area is 161 Å². The summed E-state index contributed by atoms with van der Waals surface area (Å²) in [6.45, 7) is 7.80. The predicted molar refractivity (Wildman–Crippen MR) is 105 cm³/mol. The van der Waals surface area contributed by atoms with Gasteiger partial charge in [0.1, 0.15) is 18.2 Å². The van der Waals surface area contributed by atoms with Crippen LogP contribution in [-0.4, -0.2) is 58.6 Å². The second kappa shape index (κ2) is 13.3. The number of hydrogen-bond acceptors (Lipinski definition) is 4. The topological polar surface area (TPSA) is 64.1 Å². The van der Waals surface area contributed by atoms with E-state index >= 15 is 0 Å². The number of benzene rings is 1. The number of guanidine groups is 1. The predicted octanol–water partition coefficient (Wildman–Crippen LogP) is 2.59. The fourth-order valence-corrected chi connectivity index (χ4v) is 2.76. The highest BCUT2D eigenvalue weighted by Crippen LogP contribution is 2.14. The number of hydrogen-bond donors (Lipinski definition) is 2. The van der Waals surface area contributed by atoms with Gasteiger partial charge in [-0.05, 0) is 44.2 Å². The van der Waals surface area contributed by atoms with E-state index in [9.17, 15) is 4.39 Å². The minimum absolute atomic E-state index is 0.297. The Bertz CT molecular complexity index is 551. The van der Waals surface area contributed by atoms with E-state index in [-0.39, 0.29) is 5.82 Å². The van der Waals surface area contributed by atoms with Crippen LogP contribution in [0.25, 0.3) is 0 Å². The Hall–Kier alpha value is -1.86. The first-order chi connectivity index (χ1) is 13.3. The molecule has 0 spiro atoms. The van der Waals surface area contributed by atoms with E-state index in [0.717, 1.165) is 58.2 Å². The third kappa shape index (κ3) is 9.58. The van der Waals surface area contributed by atoms with Crippen molar-refractivity contribution >= 4 is 5.96 Å². The smallest absolute Gasteiger partial charge is 0.191 e. The zero-order valence-corrected chi connectivity index (χ0v) is 16.2. The van der Waals surface area contributed by atoms with Gasteiger partial charge in [0.25, 0.3) is 0 Å². The summed E-state index contributed by atoms with van der Waals surface area (Å²) in [5, 5.41) is 6.42. The van der Waals surface area contributed by atoms with Crippen molar-refractivity contribution < 1.29 is 18.6 Å². The minimum Gasteiger partial charge on any atom is -0.492 e. The van der Waals surface area contributed by atoms with Gasteiger partial charge in [-0.15, -0.1) is 0 Å². The lowest BCUT2D eigenvalue weighted by Gasteiger charge is -2.21. The zero-order chi connectivity index (χ0) is 19.2. The molecule has 152 valence electrons. The maximum absolute atomic E-state index is 13.1. The molecule has 27 heavy (non-hydrogen) atoms. The molecule has 1 aliphatic heterocycles. The lowest BCUT2D eigenvalue weighted by molar-refractivity contribution is 0.0205. The summed E-state index contributed by atoms with van der Waals surface area (Å²) in [4.78, 5) is 4.54. The van der Waals surface area contributed by atoms with Gasteiger partial charge >= 0.3 is 0 Å². The lowest BCUT2D eigenvalue weighted by Crippen LogP contribution is -2.39. The Balaban J connectivity index is 1.56. The molecule has 1 aromatic carbocycles. The molecule has 0 atom stereocenters. The van der Waals surface area contributed by atoms with E-state index in [4.69, 9.17) is 14.2 Å². The molecule has 0 unspecified atom stereocenters. The fourth-order valence-electron chi connectivity index (χ4n) is 2.76. The molecule has 0 radical (unpaired) electrons. The molecule has 0 amide bonds. The molecule has 1 aromatic rings. The van der Waals surface area contributed by atoms with Crippen LogP contribution in [0.4, 0.5) is 4.39 Å². The highest BCUT2D eigenvalue weighted by atomic mass is 19.1. The molecule has 0 bridgehead atoms. The molecule has 0 saturated carbocycles. The van der Waals surface area contributed by atoms with E-state index in [1.165, 1.54) is 12.1 Å². The summed E-state index contributed by atoms with van der Waals surface area (Å²) in [5.74, 6) is 1.62. The normalized spacial score (nSPS) is 15.6. The van der Waals surface area contributed by atoms with Crippen molar-refractivity contribution in [2.45, 2.75) is 26.2 Å². The summed E-state index contributed by atoms with van der Waals surface area (Å²) in [6, 6.07) is 6.14. The van der Waals surface area contributed by atoms with Gasteiger partial charge in [0, 0.05) is 45.6 Å². The first-order valence-electron chi connectivity index (χ1n) is 9.84. The molecule has 1 saturated heterocycles. The summed E-state index contributed by atoms with van der Waals surface area (Å²) >= 11 is 0. The van der Waals surface area contributed by atoms with Crippen LogP contribution in [-0.2, 0) is 9.47 Å². The monoisotopic (exact) mass is 381 g/mol. The van der Waals surface area contributed by atoms with E-state index in [2.05, 4.69) is 15.6 Å². The van der Waals surface area contributed by atoms with Gasteiger partial charge in [0.05, 0.1) is 6.54 Å². The first kappa shape index (κ1) is 21.4. The van der Waals surface area contributed by atoms with Crippen molar-refractivity contribution in [3.8, 4) is 5.75 Å². The second-order valence-electron chi connectivity index (χ2n) is 6.48. The summed E-state index contributed by atoms with van der Waals surface area (Å²) < 4.78 is 29.7. The van der Waals surface area contributed by atoms with E-state index < -0.39 is 0 Å². The van der Waals surface area contributed by atoms with E-state index in [0.29, 0.717) is 31.4 Å². The van der Waals surface area contributed by atoms with Gasteiger partial charge in [-0.1, -0.05) is 6.07 Å². The summed E-state index contributed by atoms with van der Waals surface area (Å²) in [6.07, 6.45) is 3.09. The second-order valence-corrected chi connectivity index (χ2v) is 6.48. The van der Waals surface area contributed by atoms with Crippen molar-refractivity contribution in [1.82, 2.24) is 10.6 Å². The maximum Gasteiger partial charge on any atom is 0.191 e. The average molecular weight is 381 g/mol. The number of nitrogens with zero attached hydrogens (tertiary/aromatic N) is 1. The molecule has 2 N–H and O–H groups in total. The molecule has 0 aliphatic carbocycles. The Kier molecular flexibility index (Phi) is 10.6. The van der Waals surface area contributed by atoms with Gasteiger partial charge < -0.3 is 24.8 Å². The van der Waals surface area contributed by atoms with Gasteiger partial charge in [-0.2, -0.15) is 0 Å². The van der Waals surface area contributed by atoms with Gasteiger partial charge in [0.2, 0.25) is 0 Å². The standard InChI is InChI=1S/C20H32FN3O3/c1-2-22-20(24-10-14-27-19-6-3-5-18(21)15-19)23-9-4-11-26-16-17-7-12-25-13-8-17/h3,5-6,15,17H,2,4,7-14,16H2,1H3,(H2,22,23,24). The van der Waals surface area contributed by atoms with Crippen LogP contribution in [0, 0.1) is 11.7 Å². The Morgan fingerprint density at radius 3 is 2.89 bits per heavy atom. The first-order valence-corrected chi connectivity index (χ1v) is 9.84. The quantitative estimate of drug-likeness (QED) is 0.350. The van der Waals surface area contributed by atoms with Crippen molar-refractivity contribution in [2.24, 2.45) is 10.9 Å². The van der Waals surface area contributed by atoms with Crippen LogP contribution in [0.2, 0.25) is 0 Å².